The van der Waals surface area contributed by atoms with Gasteiger partial charge in [-0.2, -0.15) is 0 Å². The van der Waals surface area contributed by atoms with E-state index in [4.69, 9.17) is 0 Å². The quantitative estimate of drug-likeness (QED) is 0.744. The highest BCUT2D eigenvalue weighted by atomic mass is 15.2. The minimum Gasteiger partial charge on any atom is -0.315 e. The van der Waals surface area contributed by atoms with E-state index in [2.05, 4.69) is 38.0 Å². The lowest BCUT2D eigenvalue weighted by molar-refractivity contribution is 0.122. The van der Waals surface area contributed by atoms with Gasteiger partial charge in [-0.15, -0.1) is 0 Å². The number of piperidine rings is 1. The smallest absolute Gasteiger partial charge is 0.0223 e. The van der Waals surface area contributed by atoms with Gasteiger partial charge in [0.1, 0.15) is 0 Å². The molecule has 0 aliphatic carbocycles. The molecule has 0 saturated carbocycles. The predicted octanol–water partition coefficient (Wildman–Crippen LogP) is 2.10. The molecular formula is C12H26N2. The summed E-state index contributed by atoms with van der Waals surface area (Å²) in [4.78, 5) is 2.59. The zero-order chi connectivity index (χ0) is 10.6. The van der Waals surface area contributed by atoms with Crippen LogP contribution in [0.2, 0.25) is 0 Å². The Labute approximate surface area is 89.1 Å². The molecule has 0 aromatic carbocycles. The van der Waals surface area contributed by atoms with Crippen molar-refractivity contribution >= 4 is 0 Å². The van der Waals surface area contributed by atoms with E-state index in [0.29, 0.717) is 0 Å². The first-order chi connectivity index (χ1) is 6.69. The average molecular weight is 198 g/mol. The third-order valence-corrected chi connectivity index (χ3v) is 3.64. The van der Waals surface area contributed by atoms with Crippen LogP contribution in [0.15, 0.2) is 0 Å². The van der Waals surface area contributed by atoms with E-state index in [-0.39, 0.29) is 0 Å². The number of hydrogen-bond acceptors (Lipinski definition) is 2. The topological polar surface area (TPSA) is 15.3 Å². The maximum Gasteiger partial charge on any atom is 0.0223 e. The maximum absolute atomic E-state index is 3.53. The van der Waals surface area contributed by atoms with Gasteiger partial charge in [-0.3, -0.25) is 4.90 Å². The lowest BCUT2D eigenvalue weighted by Crippen LogP contribution is -2.50. The highest BCUT2D eigenvalue weighted by Gasteiger charge is 2.25. The maximum atomic E-state index is 3.53. The Balaban J connectivity index is 2.45. The van der Waals surface area contributed by atoms with Gasteiger partial charge in [0.25, 0.3) is 0 Å². The minimum atomic E-state index is 0.753. The summed E-state index contributed by atoms with van der Waals surface area (Å²) in [5, 5.41) is 3.53. The zero-order valence-electron chi connectivity index (χ0n) is 10.2. The van der Waals surface area contributed by atoms with Crippen LogP contribution in [-0.4, -0.2) is 37.1 Å². The molecule has 1 saturated heterocycles. The molecule has 1 N–H and O–H groups in total. The van der Waals surface area contributed by atoms with Gasteiger partial charge in [-0.1, -0.05) is 20.8 Å². The van der Waals surface area contributed by atoms with Crippen molar-refractivity contribution in [3.05, 3.63) is 0 Å². The van der Waals surface area contributed by atoms with Crippen LogP contribution in [0, 0.1) is 5.92 Å². The number of likely N-dealkylation sites (N-methyl/N-ethyl adjacent to an activating group) is 1. The molecule has 2 nitrogen and oxygen atoms in total. The van der Waals surface area contributed by atoms with Crippen LogP contribution < -0.4 is 5.32 Å². The molecule has 1 fully saturated rings. The summed E-state index contributed by atoms with van der Waals surface area (Å²) >= 11 is 0. The van der Waals surface area contributed by atoms with E-state index >= 15 is 0 Å². The van der Waals surface area contributed by atoms with Gasteiger partial charge in [-0.25, -0.2) is 0 Å². The molecule has 84 valence electrons. The first-order valence-electron chi connectivity index (χ1n) is 6.11. The van der Waals surface area contributed by atoms with Crippen molar-refractivity contribution in [2.45, 2.75) is 52.1 Å². The van der Waals surface area contributed by atoms with Crippen LogP contribution in [0.3, 0.4) is 0 Å². The van der Waals surface area contributed by atoms with Crippen LogP contribution in [-0.2, 0) is 0 Å². The molecule has 14 heavy (non-hydrogen) atoms. The fourth-order valence-corrected chi connectivity index (χ4v) is 2.60. The highest BCUT2D eigenvalue weighted by Crippen LogP contribution is 2.18. The summed E-state index contributed by atoms with van der Waals surface area (Å²) in [7, 11) is 2.29. The van der Waals surface area contributed by atoms with E-state index in [1.165, 1.54) is 32.4 Å². The summed E-state index contributed by atoms with van der Waals surface area (Å²) in [5.41, 5.74) is 0. The van der Waals surface area contributed by atoms with Gasteiger partial charge in [0, 0.05) is 18.6 Å². The lowest BCUT2D eigenvalue weighted by Gasteiger charge is -2.38. The van der Waals surface area contributed by atoms with Crippen LogP contribution in [0.4, 0.5) is 0 Å². The molecule has 1 rings (SSSR count). The monoisotopic (exact) mass is 198 g/mol. The first-order valence-corrected chi connectivity index (χ1v) is 6.11. The van der Waals surface area contributed by atoms with E-state index in [9.17, 15) is 0 Å². The molecule has 2 unspecified atom stereocenters. The van der Waals surface area contributed by atoms with Gasteiger partial charge < -0.3 is 5.32 Å². The van der Waals surface area contributed by atoms with Crippen molar-refractivity contribution in [1.82, 2.24) is 10.2 Å². The Kier molecular flexibility index (Phi) is 4.90. The van der Waals surface area contributed by atoms with Gasteiger partial charge in [0.05, 0.1) is 0 Å². The number of rotatable bonds is 4. The summed E-state index contributed by atoms with van der Waals surface area (Å²) in [6.45, 7) is 9.32. The second kappa shape index (κ2) is 5.72. The molecule has 2 atom stereocenters. The third kappa shape index (κ3) is 2.96. The summed E-state index contributed by atoms with van der Waals surface area (Å²) in [6.07, 6.45) is 3.91. The van der Waals surface area contributed by atoms with Crippen molar-refractivity contribution in [3.8, 4) is 0 Å². The van der Waals surface area contributed by atoms with Crippen molar-refractivity contribution in [2.75, 3.05) is 20.1 Å². The zero-order valence-corrected chi connectivity index (χ0v) is 10.2. The van der Waals surface area contributed by atoms with Gasteiger partial charge >= 0.3 is 0 Å². The van der Waals surface area contributed by atoms with Crippen LogP contribution in [0.25, 0.3) is 0 Å². The fourth-order valence-electron chi connectivity index (χ4n) is 2.60. The Morgan fingerprint density at radius 1 is 1.29 bits per heavy atom. The molecule has 1 heterocycles. The van der Waals surface area contributed by atoms with Crippen LogP contribution in [0.1, 0.15) is 40.0 Å². The molecular weight excluding hydrogens is 172 g/mol. The molecule has 0 aromatic rings. The molecule has 0 amide bonds. The second-order valence-electron chi connectivity index (χ2n) is 4.79. The number of nitrogens with one attached hydrogen (secondary N) is 1. The van der Waals surface area contributed by atoms with Gasteiger partial charge in [-0.05, 0) is 38.8 Å². The standard InChI is InChI=1S/C12H26N2/c1-5-11(6-2)14(4)12-7-10(3)8-13-9-12/h10-13H,5-9H2,1-4H3. The van der Waals surface area contributed by atoms with Gasteiger partial charge in [0.15, 0.2) is 0 Å². The van der Waals surface area contributed by atoms with Crippen LogP contribution in [0.5, 0.6) is 0 Å². The van der Waals surface area contributed by atoms with E-state index < -0.39 is 0 Å². The Morgan fingerprint density at radius 3 is 2.43 bits per heavy atom. The number of nitrogens with zero attached hydrogens (tertiary/aromatic N) is 1. The SMILES string of the molecule is CCC(CC)N(C)C1CNCC(C)C1. The molecule has 1 aliphatic heterocycles. The van der Waals surface area contributed by atoms with E-state index in [1.807, 2.05) is 0 Å². The molecule has 2 heteroatoms. The second-order valence-corrected chi connectivity index (χ2v) is 4.79. The van der Waals surface area contributed by atoms with Crippen molar-refractivity contribution in [2.24, 2.45) is 5.92 Å². The molecule has 1 aliphatic rings. The molecule has 0 radical (unpaired) electrons. The first kappa shape index (κ1) is 12.0. The summed E-state index contributed by atoms with van der Waals surface area (Å²) in [6, 6.07) is 1.52. The highest BCUT2D eigenvalue weighted by molar-refractivity contribution is 4.82. The van der Waals surface area contributed by atoms with E-state index in [1.54, 1.807) is 0 Å². The Bertz CT molecular complexity index is 154. The van der Waals surface area contributed by atoms with E-state index in [0.717, 1.165) is 18.0 Å². The summed E-state index contributed by atoms with van der Waals surface area (Å²) in [5.74, 6) is 0.838. The molecule has 0 bridgehead atoms. The average Bonchev–Trinajstić information content (AvgIpc) is 2.19. The predicted molar refractivity (Wildman–Crippen MR) is 62.6 cm³/mol. The van der Waals surface area contributed by atoms with Crippen LogP contribution >= 0.6 is 0 Å². The molecule has 0 aromatic heterocycles. The van der Waals surface area contributed by atoms with Crippen molar-refractivity contribution < 1.29 is 0 Å². The largest absolute Gasteiger partial charge is 0.315 e. The Hall–Kier alpha value is -0.0800. The summed E-state index contributed by atoms with van der Waals surface area (Å²) < 4.78 is 0. The third-order valence-electron chi connectivity index (χ3n) is 3.64. The van der Waals surface area contributed by atoms with Crippen molar-refractivity contribution in [3.63, 3.8) is 0 Å². The number of hydrogen-bond donors (Lipinski definition) is 1. The van der Waals surface area contributed by atoms with Crippen molar-refractivity contribution in [1.29, 1.82) is 0 Å². The normalized spacial score (nSPS) is 28.7. The fraction of sp³-hybridized carbons (Fsp3) is 1.00. The molecule has 0 spiro atoms. The minimum absolute atomic E-state index is 0.753. The lowest BCUT2D eigenvalue weighted by atomic mass is 9.95. The van der Waals surface area contributed by atoms with Gasteiger partial charge in [0.2, 0.25) is 0 Å². The Morgan fingerprint density at radius 2 is 1.93 bits per heavy atom.